The Morgan fingerprint density at radius 2 is 2.04 bits per heavy atom. The molecule has 1 amide bonds. The van der Waals surface area contributed by atoms with Gasteiger partial charge in [0.25, 0.3) is 5.91 Å². The van der Waals surface area contributed by atoms with Crippen molar-refractivity contribution in [3.05, 3.63) is 65.7 Å². The number of nitrogens with zero attached hydrogens (tertiary/aromatic N) is 3. The largest absolute Gasteiger partial charge is 0.383 e. The third kappa shape index (κ3) is 4.51. The average molecular weight is 385 g/mol. The molecule has 146 valence electrons. The highest BCUT2D eigenvalue weighted by molar-refractivity contribution is 5.95. The van der Waals surface area contributed by atoms with Crippen LogP contribution in [0.25, 0.3) is 11.1 Å². The van der Waals surface area contributed by atoms with E-state index in [-0.39, 0.29) is 5.91 Å². The molecule has 28 heavy (non-hydrogen) atoms. The molecule has 0 radical (unpaired) electrons. The third-order valence-corrected chi connectivity index (χ3v) is 4.30. The Morgan fingerprint density at radius 1 is 1.21 bits per heavy atom. The van der Waals surface area contributed by atoms with Crippen LogP contribution in [-0.2, 0) is 0 Å². The maximum atomic E-state index is 12.8. The molecule has 0 unspecified atom stereocenters. The lowest BCUT2D eigenvalue weighted by Crippen LogP contribution is -2.28. The van der Waals surface area contributed by atoms with Gasteiger partial charge in [-0.15, -0.1) is 0 Å². The van der Waals surface area contributed by atoms with Crippen LogP contribution in [0.5, 0.6) is 0 Å². The van der Waals surface area contributed by atoms with Crippen molar-refractivity contribution in [1.29, 1.82) is 0 Å². The van der Waals surface area contributed by atoms with Gasteiger partial charge < -0.3 is 10.6 Å². The number of halogens is 2. The van der Waals surface area contributed by atoms with Crippen molar-refractivity contribution in [2.45, 2.75) is 20.4 Å². The third-order valence-electron chi connectivity index (χ3n) is 4.30. The summed E-state index contributed by atoms with van der Waals surface area (Å²) >= 11 is 0. The van der Waals surface area contributed by atoms with Gasteiger partial charge in [0.05, 0.1) is 5.69 Å². The molecule has 2 heterocycles. The van der Waals surface area contributed by atoms with E-state index in [0.717, 1.165) is 11.3 Å². The van der Waals surface area contributed by atoms with Crippen molar-refractivity contribution < 1.29 is 13.6 Å². The molecule has 3 rings (SSSR count). The minimum Gasteiger partial charge on any atom is -0.383 e. The number of aryl methyl sites for hydroxylation is 2. The zero-order valence-corrected chi connectivity index (χ0v) is 15.6. The van der Waals surface area contributed by atoms with E-state index >= 15 is 0 Å². The molecule has 0 aliphatic rings. The number of hydrogen-bond donors (Lipinski definition) is 2. The predicted octanol–water partition coefficient (Wildman–Crippen LogP) is 3.80. The first-order chi connectivity index (χ1) is 13.5. The van der Waals surface area contributed by atoms with E-state index in [0.29, 0.717) is 40.2 Å². The van der Waals surface area contributed by atoms with Gasteiger partial charge in [-0.25, -0.2) is 4.68 Å². The molecular weight excluding hydrogens is 364 g/mol. The SMILES string of the molecule is Cc1cnccc1NCCNC(=O)c1cccc(-c2cn(C(F)F)nc2C)c1. The summed E-state index contributed by atoms with van der Waals surface area (Å²) in [6, 6.07) is 8.73. The molecule has 8 heteroatoms. The highest BCUT2D eigenvalue weighted by atomic mass is 19.3. The summed E-state index contributed by atoms with van der Waals surface area (Å²) in [6.45, 7) is 1.92. The first kappa shape index (κ1) is 19.5. The molecule has 6 nitrogen and oxygen atoms in total. The number of amides is 1. The molecule has 0 aliphatic carbocycles. The van der Waals surface area contributed by atoms with Crippen molar-refractivity contribution in [3.63, 3.8) is 0 Å². The summed E-state index contributed by atoms with van der Waals surface area (Å²) in [4.78, 5) is 16.4. The Labute approximate surface area is 161 Å². The minimum atomic E-state index is -2.70. The van der Waals surface area contributed by atoms with Gasteiger partial charge in [-0.2, -0.15) is 13.9 Å². The van der Waals surface area contributed by atoms with Gasteiger partial charge in [-0.3, -0.25) is 9.78 Å². The van der Waals surface area contributed by atoms with E-state index in [1.165, 1.54) is 6.20 Å². The van der Waals surface area contributed by atoms with E-state index in [2.05, 4.69) is 20.7 Å². The highest BCUT2D eigenvalue weighted by Crippen LogP contribution is 2.25. The van der Waals surface area contributed by atoms with Gasteiger partial charge in [0, 0.05) is 48.5 Å². The second-order valence-corrected chi connectivity index (χ2v) is 6.34. The lowest BCUT2D eigenvalue weighted by atomic mass is 10.0. The molecule has 0 saturated carbocycles. The van der Waals surface area contributed by atoms with Crippen LogP contribution in [0.3, 0.4) is 0 Å². The first-order valence-corrected chi connectivity index (χ1v) is 8.82. The maximum Gasteiger partial charge on any atom is 0.333 e. The smallest absolute Gasteiger partial charge is 0.333 e. The van der Waals surface area contributed by atoms with Crippen molar-refractivity contribution in [3.8, 4) is 11.1 Å². The summed E-state index contributed by atoms with van der Waals surface area (Å²) in [5, 5.41) is 9.90. The Bertz CT molecular complexity index is 971. The number of nitrogens with one attached hydrogen (secondary N) is 2. The van der Waals surface area contributed by atoms with Crippen molar-refractivity contribution in [2.24, 2.45) is 0 Å². The number of pyridine rings is 1. The molecular formula is C20H21F2N5O. The van der Waals surface area contributed by atoms with E-state index in [1.807, 2.05) is 13.0 Å². The molecule has 0 fully saturated rings. The lowest BCUT2D eigenvalue weighted by Gasteiger charge is -2.10. The quantitative estimate of drug-likeness (QED) is 0.607. The van der Waals surface area contributed by atoms with Crippen LogP contribution in [0.2, 0.25) is 0 Å². The summed E-state index contributed by atoms with van der Waals surface area (Å²) in [7, 11) is 0. The fourth-order valence-corrected chi connectivity index (χ4v) is 2.84. The normalized spacial score (nSPS) is 10.9. The molecule has 0 spiro atoms. The number of aromatic nitrogens is 3. The Hall–Kier alpha value is -3.29. The van der Waals surface area contributed by atoms with Crippen LogP contribution in [-0.4, -0.2) is 33.8 Å². The van der Waals surface area contributed by atoms with E-state index in [9.17, 15) is 13.6 Å². The Balaban J connectivity index is 1.62. The zero-order chi connectivity index (χ0) is 20.1. The molecule has 0 saturated heterocycles. The van der Waals surface area contributed by atoms with Crippen molar-refractivity contribution in [2.75, 3.05) is 18.4 Å². The van der Waals surface area contributed by atoms with Gasteiger partial charge in [0.15, 0.2) is 0 Å². The van der Waals surface area contributed by atoms with E-state index in [4.69, 9.17) is 0 Å². The summed E-state index contributed by atoms with van der Waals surface area (Å²) in [5.74, 6) is -0.228. The Morgan fingerprint density at radius 3 is 2.75 bits per heavy atom. The van der Waals surface area contributed by atoms with Gasteiger partial charge in [-0.05, 0) is 43.2 Å². The zero-order valence-electron chi connectivity index (χ0n) is 15.6. The second kappa shape index (κ2) is 8.60. The van der Waals surface area contributed by atoms with Crippen LogP contribution in [0, 0.1) is 13.8 Å². The van der Waals surface area contributed by atoms with Crippen molar-refractivity contribution >= 4 is 11.6 Å². The molecule has 2 aromatic heterocycles. The van der Waals surface area contributed by atoms with Crippen LogP contribution < -0.4 is 10.6 Å². The molecule has 1 aromatic carbocycles. The van der Waals surface area contributed by atoms with Gasteiger partial charge >= 0.3 is 6.55 Å². The number of carbonyl (C=O) groups is 1. The summed E-state index contributed by atoms with van der Waals surface area (Å²) in [5.41, 5.74) is 4.18. The fourth-order valence-electron chi connectivity index (χ4n) is 2.84. The number of hydrogen-bond acceptors (Lipinski definition) is 4. The standard InChI is InChI=1S/C20H21F2N5O/c1-13-11-23-7-6-18(13)24-8-9-25-19(28)16-5-3-4-15(10-16)17-12-27(20(21)22)26-14(17)2/h3-7,10-12,20H,8-9H2,1-2H3,(H,23,24)(H,25,28). The number of anilines is 1. The lowest BCUT2D eigenvalue weighted by molar-refractivity contribution is 0.0563. The van der Waals surface area contributed by atoms with E-state index in [1.54, 1.807) is 43.6 Å². The number of benzene rings is 1. The average Bonchev–Trinajstić information content (AvgIpc) is 3.08. The van der Waals surface area contributed by atoms with Crippen molar-refractivity contribution in [1.82, 2.24) is 20.1 Å². The first-order valence-electron chi connectivity index (χ1n) is 8.82. The fraction of sp³-hybridized carbons (Fsp3) is 0.250. The number of carbonyl (C=O) groups excluding carboxylic acids is 1. The van der Waals surface area contributed by atoms with Gasteiger partial charge in [-0.1, -0.05) is 12.1 Å². The second-order valence-electron chi connectivity index (χ2n) is 6.34. The molecule has 3 aromatic rings. The molecule has 0 aliphatic heterocycles. The van der Waals surface area contributed by atoms with Gasteiger partial charge in [0.2, 0.25) is 0 Å². The van der Waals surface area contributed by atoms with Gasteiger partial charge in [0.1, 0.15) is 0 Å². The van der Waals surface area contributed by atoms with Crippen LogP contribution in [0.15, 0.2) is 48.9 Å². The summed E-state index contributed by atoms with van der Waals surface area (Å²) < 4.78 is 26.3. The Kier molecular flexibility index (Phi) is 5.98. The summed E-state index contributed by atoms with van der Waals surface area (Å²) in [6.07, 6.45) is 4.76. The highest BCUT2D eigenvalue weighted by Gasteiger charge is 2.14. The number of alkyl halides is 2. The molecule has 2 N–H and O–H groups in total. The van der Waals surface area contributed by atoms with Crippen LogP contribution in [0.1, 0.15) is 28.2 Å². The number of rotatable bonds is 7. The van der Waals surface area contributed by atoms with E-state index < -0.39 is 6.55 Å². The monoisotopic (exact) mass is 385 g/mol. The predicted molar refractivity (Wildman–Crippen MR) is 103 cm³/mol. The topological polar surface area (TPSA) is 71.8 Å². The molecule has 0 bridgehead atoms. The van der Waals surface area contributed by atoms with Crippen LogP contribution in [0.4, 0.5) is 14.5 Å². The maximum absolute atomic E-state index is 12.8. The molecule has 0 atom stereocenters. The minimum absolute atomic E-state index is 0.228. The van der Waals surface area contributed by atoms with Crippen LogP contribution >= 0.6 is 0 Å².